The second-order valence-corrected chi connectivity index (χ2v) is 1.43. The van der Waals surface area contributed by atoms with Crippen LogP contribution in [0.2, 0.25) is 0 Å². The highest BCUT2D eigenvalue weighted by atomic mass is 16.7. The van der Waals surface area contributed by atoms with Crippen LogP contribution in [0.25, 0.3) is 0 Å². The summed E-state index contributed by atoms with van der Waals surface area (Å²) in [5, 5.41) is 9.92. The minimum absolute atomic E-state index is 0.0104. The molecule has 0 aromatic heterocycles. The molecular formula is C4H9NO4. The zero-order valence-electron chi connectivity index (χ0n) is 5.36. The Balaban J connectivity index is 3.54. The van der Waals surface area contributed by atoms with Crippen LogP contribution in [0.1, 0.15) is 0 Å². The highest BCUT2D eigenvalue weighted by Gasteiger charge is 2.16. The van der Waals surface area contributed by atoms with Crippen molar-refractivity contribution in [1.29, 1.82) is 0 Å². The first kappa shape index (κ1) is 8.32. The van der Waals surface area contributed by atoms with Crippen molar-refractivity contribution in [2.75, 3.05) is 20.8 Å². The van der Waals surface area contributed by atoms with Gasteiger partial charge in [-0.25, -0.2) is 0 Å². The maximum atomic E-state index is 9.92. The third kappa shape index (κ3) is 2.99. The first-order valence-electron chi connectivity index (χ1n) is 2.37. The number of hydrogen-bond donors (Lipinski definition) is 0. The predicted octanol–water partition coefficient (Wildman–Crippen LogP) is -0.118. The van der Waals surface area contributed by atoms with Gasteiger partial charge in [-0.3, -0.25) is 10.1 Å². The van der Waals surface area contributed by atoms with Crippen molar-refractivity contribution >= 4 is 0 Å². The molecule has 1 atom stereocenters. The summed E-state index contributed by atoms with van der Waals surface area (Å²) in [4.78, 5) is 9.38. The minimum atomic E-state index is -1.03. The Bertz CT molecular complexity index is 94.6. The normalized spacial score (nSPS) is 13.1. The molecule has 0 rings (SSSR count). The zero-order chi connectivity index (χ0) is 7.28. The summed E-state index contributed by atoms with van der Waals surface area (Å²) in [6, 6.07) is 0. The summed E-state index contributed by atoms with van der Waals surface area (Å²) in [7, 11) is 2.65. The molecule has 0 aliphatic rings. The van der Waals surface area contributed by atoms with Crippen molar-refractivity contribution in [3.8, 4) is 0 Å². The van der Waals surface area contributed by atoms with Crippen molar-refractivity contribution < 1.29 is 14.4 Å². The summed E-state index contributed by atoms with van der Waals surface area (Å²) in [6.45, 7) is -0.0104. The van der Waals surface area contributed by atoms with E-state index in [1.807, 2.05) is 0 Å². The van der Waals surface area contributed by atoms with Crippen LogP contribution in [0.3, 0.4) is 0 Å². The van der Waals surface area contributed by atoms with Gasteiger partial charge >= 0.3 is 6.23 Å². The van der Waals surface area contributed by atoms with Gasteiger partial charge < -0.3 is 9.47 Å². The number of methoxy groups -OCH3 is 2. The molecule has 0 bridgehead atoms. The third-order valence-corrected chi connectivity index (χ3v) is 0.816. The van der Waals surface area contributed by atoms with E-state index in [2.05, 4.69) is 9.47 Å². The summed E-state index contributed by atoms with van der Waals surface area (Å²) >= 11 is 0. The molecule has 0 heterocycles. The molecule has 0 aromatic carbocycles. The summed E-state index contributed by atoms with van der Waals surface area (Å²) in [5.41, 5.74) is 0. The highest BCUT2D eigenvalue weighted by molar-refractivity contribution is 4.34. The average Bonchev–Trinajstić information content (AvgIpc) is 1.82. The lowest BCUT2D eigenvalue weighted by Gasteiger charge is -2.03. The SMILES string of the molecule is COCC(OC)[N+](=O)[O-]. The van der Waals surface area contributed by atoms with Crippen molar-refractivity contribution in [2.45, 2.75) is 6.23 Å². The Morgan fingerprint density at radius 3 is 2.33 bits per heavy atom. The van der Waals surface area contributed by atoms with Gasteiger partial charge in [0, 0.05) is 14.2 Å². The van der Waals surface area contributed by atoms with Crippen molar-refractivity contribution in [2.24, 2.45) is 0 Å². The van der Waals surface area contributed by atoms with Gasteiger partial charge in [0.25, 0.3) is 0 Å². The van der Waals surface area contributed by atoms with Gasteiger partial charge in [-0.15, -0.1) is 0 Å². The van der Waals surface area contributed by atoms with E-state index in [0.717, 1.165) is 0 Å². The Morgan fingerprint density at radius 2 is 2.22 bits per heavy atom. The van der Waals surface area contributed by atoms with Crippen LogP contribution in [0, 0.1) is 10.1 Å². The topological polar surface area (TPSA) is 61.6 Å². The summed E-state index contributed by atoms with van der Waals surface area (Å²) < 4.78 is 8.92. The van der Waals surface area contributed by atoms with Crippen molar-refractivity contribution in [3.63, 3.8) is 0 Å². The number of rotatable bonds is 4. The quantitative estimate of drug-likeness (QED) is 0.306. The molecule has 9 heavy (non-hydrogen) atoms. The average molecular weight is 135 g/mol. The Hall–Kier alpha value is -0.680. The van der Waals surface area contributed by atoms with Gasteiger partial charge in [0.05, 0.1) is 4.92 Å². The standard InChI is InChI=1S/C4H9NO4/c1-8-3-4(9-2)5(6)7/h4H,3H2,1-2H3. The van der Waals surface area contributed by atoms with Crippen molar-refractivity contribution in [3.05, 3.63) is 10.1 Å². The molecule has 5 nitrogen and oxygen atoms in total. The molecule has 0 aliphatic carbocycles. The van der Waals surface area contributed by atoms with E-state index < -0.39 is 11.2 Å². The second kappa shape index (κ2) is 4.22. The molecule has 0 radical (unpaired) electrons. The Labute approximate surface area is 52.7 Å². The fraction of sp³-hybridized carbons (Fsp3) is 1.00. The van der Waals surface area contributed by atoms with Crippen LogP contribution in [0.15, 0.2) is 0 Å². The molecule has 0 fully saturated rings. The van der Waals surface area contributed by atoms with Gasteiger partial charge in [-0.2, -0.15) is 0 Å². The van der Waals surface area contributed by atoms with E-state index in [9.17, 15) is 10.1 Å². The van der Waals surface area contributed by atoms with E-state index in [-0.39, 0.29) is 6.61 Å². The fourth-order valence-electron chi connectivity index (χ4n) is 0.358. The third-order valence-electron chi connectivity index (χ3n) is 0.816. The van der Waals surface area contributed by atoms with E-state index in [1.54, 1.807) is 0 Å². The van der Waals surface area contributed by atoms with Gasteiger partial charge in [0.15, 0.2) is 0 Å². The fourth-order valence-corrected chi connectivity index (χ4v) is 0.358. The summed E-state index contributed by atoms with van der Waals surface area (Å²) in [6.07, 6.45) is -1.03. The number of nitro groups is 1. The van der Waals surface area contributed by atoms with Gasteiger partial charge in [0.1, 0.15) is 6.61 Å². The predicted molar refractivity (Wildman–Crippen MR) is 29.7 cm³/mol. The first-order chi connectivity index (χ1) is 4.22. The van der Waals surface area contributed by atoms with Crippen LogP contribution in [0.5, 0.6) is 0 Å². The largest absolute Gasteiger partial charge is 0.375 e. The molecular weight excluding hydrogens is 126 g/mol. The van der Waals surface area contributed by atoms with E-state index in [1.165, 1.54) is 14.2 Å². The summed E-state index contributed by atoms with van der Waals surface area (Å²) in [5.74, 6) is 0. The molecule has 0 amide bonds. The molecule has 0 saturated heterocycles. The van der Waals surface area contributed by atoms with E-state index >= 15 is 0 Å². The van der Waals surface area contributed by atoms with E-state index in [0.29, 0.717) is 0 Å². The molecule has 5 heteroatoms. The minimum Gasteiger partial charge on any atom is -0.375 e. The second-order valence-electron chi connectivity index (χ2n) is 1.43. The van der Waals surface area contributed by atoms with E-state index in [4.69, 9.17) is 0 Å². The maximum Gasteiger partial charge on any atom is 0.338 e. The van der Waals surface area contributed by atoms with Crippen LogP contribution in [0.4, 0.5) is 0 Å². The van der Waals surface area contributed by atoms with Crippen LogP contribution >= 0.6 is 0 Å². The Morgan fingerprint density at radius 1 is 1.67 bits per heavy atom. The maximum absolute atomic E-state index is 9.92. The smallest absolute Gasteiger partial charge is 0.338 e. The van der Waals surface area contributed by atoms with Gasteiger partial charge in [0.2, 0.25) is 0 Å². The molecule has 0 saturated carbocycles. The molecule has 0 aliphatic heterocycles. The van der Waals surface area contributed by atoms with Crippen LogP contribution in [-0.4, -0.2) is 32.0 Å². The number of hydrogen-bond acceptors (Lipinski definition) is 4. The van der Waals surface area contributed by atoms with Gasteiger partial charge in [-0.05, 0) is 0 Å². The zero-order valence-corrected chi connectivity index (χ0v) is 5.36. The van der Waals surface area contributed by atoms with Gasteiger partial charge in [-0.1, -0.05) is 0 Å². The monoisotopic (exact) mass is 135 g/mol. The lowest BCUT2D eigenvalue weighted by Crippen LogP contribution is -2.26. The van der Waals surface area contributed by atoms with Crippen LogP contribution < -0.4 is 0 Å². The van der Waals surface area contributed by atoms with Crippen molar-refractivity contribution in [1.82, 2.24) is 0 Å². The molecule has 0 N–H and O–H groups in total. The lowest BCUT2D eigenvalue weighted by molar-refractivity contribution is -0.576. The first-order valence-corrected chi connectivity index (χ1v) is 2.37. The number of nitrogens with zero attached hydrogens (tertiary/aromatic N) is 1. The molecule has 54 valence electrons. The molecule has 1 unspecified atom stereocenters. The van der Waals surface area contributed by atoms with Crippen LogP contribution in [-0.2, 0) is 9.47 Å². The number of ether oxygens (including phenoxy) is 2. The Kier molecular flexibility index (Phi) is 3.90. The molecule has 0 aromatic rings. The highest BCUT2D eigenvalue weighted by Crippen LogP contribution is 1.89. The molecule has 0 spiro atoms. The lowest BCUT2D eigenvalue weighted by atomic mass is 10.6.